The first-order chi connectivity index (χ1) is 16.1. The van der Waals surface area contributed by atoms with Crippen LogP contribution in [-0.2, 0) is 12.3 Å². The van der Waals surface area contributed by atoms with Gasteiger partial charge in [-0.2, -0.15) is 4.98 Å². The zero-order chi connectivity index (χ0) is 22.8. The molecule has 0 saturated heterocycles. The summed E-state index contributed by atoms with van der Waals surface area (Å²) in [4.78, 5) is 22.6. The smallest absolute Gasteiger partial charge is 0.262 e. The average Bonchev–Trinajstić information content (AvgIpc) is 3.48. The van der Waals surface area contributed by atoms with Gasteiger partial charge in [0.1, 0.15) is 0 Å². The van der Waals surface area contributed by atoms with E-state index in [0.717, 1.165) is 24.8 Å². The number of benzene rings is 2. The minimum absolute atomic E-state index is 0.0808. The van der Waals surface area contributed by atoms with Gasteiger partial charge in [0.15, 0.2) is 16.7 Å². The molecule has 8 nitrogen and oxygen atoms in total. The molecule has 0 fully saturated rings. The van der Waals surface area contributed by atoms with Crippen LogP contribution in [0.4, 0.5) is 0 Å². The monoisotopic (exact) mass is 464 g/mol. The van der Waals surface area contributed by atoms with Crippen LogP contribution in [0.15, 0.2) is 50.9 Å². The molecule has 170 valence electrons. The van der Waals surface area contributed by atoms with Gasteiger partial charge in [0.2, 0.25) is 18.5 Å². The molecule has 0 radical (unpaired) electrons. The lowest BCUT2D eigenvalue weighted by atomic mass is 10.1. The number of hydrogen-bond acceptors (Lipinski definition) is 8. The minimum atomic E-state index is -0.0808. The lowest BCUT2D eigenvalue weighted by Crippen LogP contribution is -2.23. The molecule has 0 amide bonds. The van der Waals surface area contributed by atoms with E-state index in [1.54, 1.807) is 16.7 Å². The van der Waals surface area contributed by atoms with Crippen LogP contribution in [-0.4, -0.2) is 26.5 Å². The Bertz CT molecular complexity index is 1350. The van der Waals surface area contributed by atoms with Gasteiger partial charge < -0.3 is 14.0 Å². The van der Waals surface area contributed by atoms with Crippen LogP contribution in [0.5, 0.6) is 11.5 Å². The number of aryl methyl sites for hydroxylation is 1. The molecule has 9 heteroatoms. The van der Waals surface area contributed by atoms with Gasteiger partial charge >= 0.3 is 0 Å². The molecule has 4 aromatic rings. The molecular weight excluding hydrogens is 440 g/mol. The third-order valence-electron chi connectivity index (χ3n) is 5.50. The molecule has 0 spiro atoms. The molecule has 0 aliphatic carbocycles. The van der Waals surface area contributed by atoms with Crippen LogP contribution in [0, 0.1) is 6.92 Å². The Morgan fingerprint density at radius 3 is 2.64 bits per heavy atom. The molecule has 1 aliphatic heterocycles. The van der Waals surface area contributed by atoms with Crippen molar-refractivity contribution in [1.29, 1.82) is 0 Å². The molecule has 1 aliphatic rings. The maximum Gasteiger partial charge on any atom is 0.262 e. The number of ether oxygens (including phenoxy) is 2. The maximum atomic E-state index is 13.3. The average molecular weight is 465 g/mol. The first kappa shape index (κ1) is 21.5. The van der Waals surface area contributed by atoms with Gasteiger partial charge in [-0.25, -0.2) is 4.98 Å². The van der Waals surface area contributed by atoms with Crippen molar-refractivity contribution in [3.63, 3.8) is 0 Å². The van der Waals surface area contributed by atoms with Gasteiger partial charge in [-0.3, -0.25) is 9.36 Å². The summed E-state index contributed by atoms with van der Waals surface area (Å²) in [7, 11) is 0. The number of fused-ring (bicyclic) bond motifs is 2. The van der Waals surface area contributed by atoms with Crippen LogP contribution in [0.2, 0.25) is 0 Å². The van der Waals surface area contributed by atoms with Crippen molar-refractivity contribution in [2.75, 3.05) is 6.79 Å². The number of hydrogen-bond donors (Lipinski definition) is 0. The predicted octanol–water partition coefficient (Wildman–Crippen LogP) is 4.97. The Balaban J connectivity index is 1.44. The summed E-state index contributed by atoms with van der Waals surface area (Å²) in [6.07, 6.45) is 3.01. The second-order valence-corrected chi connectivity index (χ2v) is 8.89. The molecule has 0 bridgehead atoms. The first-order valence-electron chi connectivity index (χ1n) is 11.0. The fraction of sp³-hybridized carbons (Fsp3) is 0.333. The van der Waals surface area contributed by atoms with Gasteiger partial charge in [0.05, 0.1) is 16.7 Å². The molecule has 2 aromatic heterocycles. The number of thioether (sulfide) groups is 1. The third-order valence-corrected chi connectivity index (χ3v) is 6.46. The van der Waals surface area contributed by atoms with E-state index in [4.69, 9.17) is 19.0 Å². The fourth-order valence-electron chi connectivity index (χ4n) is 3.68. The van der Waals surface area contributed by atoms with Crippen molar-refractivity contribution in [2.24, 2.45) is 0 Å². The number of nitrogens with zero attached hydrogens (tertiary/aromatic N) is 4. The summed E-state index contributed by atoms with van der Waals surface area (Å²) in [5.74, 6) is 2.63. The molecular formula is C24H24N4O4S. The van der Waals surface area contributed by atoms with Crippen molar-refractivity contribution in [3.8, 4) is 22.9 Å². The van der Waals surface area contributed by atoms with Crippen molar-refractivity contribution in [3.05, 3.63) is 58.2 Å². The summed E-state index contributed by atoms with van der Waals surface area (Å²) in [5.41, 5.74) is 2.58. The zero-order valence-corrected chi connectivity index (χ0v) is 19.4. The molecule has 3 heterocycles. The Morgan fingerprint density at radius 2 is 1.85 bits per heavy atom. The van der Waals surface area contributed by atoms with E-state index in [-0.39, 0.29) is 12.4 Å². The van der Waals surface area contributed by atoms with E-state index >= 15 is 0 Å². The number of unbranched alkanes of at least 4 members (excludes halogenated alkanes) is 2. The molecule has 0 N–H and O–H groups in total. The van der Waals surface area contributed by atoms with Gasteiger partial charge in [-0.1, -0.05) is 66.5 Å². The summed E-state index contributed by atoms with van der Waals surface area (Å²) < 4.78 is 18.1. The highest BCUT2D eigenvalue weighted by Gasteiger charge is 2.20. The summed E-state index contributed by atoms with van der Waals surface area (Å²) in [5, 5.41) is 5.25. The highest BCUT2D eigenvalue weighted by atomic mass is 32.2. The van der Waals surface area contributed by atoms with Gasteiger partial charge in [0.25, 0.3) is 5.56 Å². The van der Waals surface area contributed by atoms with Crippen molar-refractivity contribution >= 4 is 22.7 Å². The Labute approximate surface area is 194 Å². The highest BCUT2D eigenvalue weighted by Crippen LogP contribution is 2.35. The molecule has 0 unspecified atom stereocenters. The van der Waals surface area contributed by atoms with E-state index in [1.165, 1.54) is 17.3 Å². The molecule has 0 saturated carbocycles. The second kappa shape index (κ2) is 9.27. The van der Waals surface area contributed by atoms with Crippen LogP contribution in [0.3, 0.4) is 0 Å². The van der Waals surface area contributed by atoms with E-state index in [2.05, 4.69) is 17.1 Å². The van der Waals surface area contributed by atoms with E-state index in [1.807, 2.05) is 31.2 Å². The fourth-order valence-corrected chi connectivity index (χ4v) is 4.54. The van der Waals surface area contributed by atoms with Gasteiger partial charge in [0, 0.05) is 18.2 Å². The predicted molar refractivity (Wildman–Crippen MR) is 126 cm³/mol. The Hall–Kier alpha value is -3.33. The SMILES string of the molecule is CCCCCn1c(SCc2nc(-c3ccc(C)cc3)no2)nc2cc3c(cc2c1=O)OCO3. The summed E-state index contributed by atoms with van der Waals surface area (Å²) in [6.45, 7) is 4.92. The van der Waals surface area contributed by atoms with Crippen LogP contribution >= 0.6 is 11.8 Å². The molecule has 0 atom stereocenters. The van der Waals surface area contributed by atoms with E-state index in [0.29, 0.717) is 51.6 Å². The summed E-state index contributed by atoms with van der Waals surface area (Å²) in [6, 6.07) is 11.5. The summed E-state index contributed by atoms with van der Waals surface area (Å²) >= 11 is 1.41. The third kappa shape index (κ3) is 4.45. The molecule has 5 rings (SSSR count). The largest absolute Gasteiger partial charge is 0.454 e. The number of rotatable bonds is 8. The van der Waals surface area contributed by atoms with Crippen molar-refractivity contribution < 1.29 is 14.0 Å². The Morgan fingerprint density at radius 1 is 1.06 bits per heavy atom. The van der Waals surface area contributed by atoms with E-state index < -0.39 is 0 Å². The zero-order valence-electron chi connectivity index (χ0n) is 18.5. The standard InChI is InChI=1S/C24H24N4O4S/c1-3-4-5-10-28-23(29)17-11-19-20(31-14-30-19)12-18(17)25-24(28)33-13-21-26-22(27-32-21)16-8-6-15(2)7-9-16/h6-9,11-12H,3-5,10,13-14H2,1-2H3. The maximum absolute atomic E-state index is 13.3. The topological polar surface area (TPSA) is 92.3 Å². The Kier molecular flexibility index (Phi) is 6.04. The molecule has 33 heavy (non-hydrogen) atoms. The second-order valence-electron chi connectivity index (χ2n) is 7.95. The van der Waals surface area contributed by atoms with Crippen LogP contribution in [0.1, 0.15) is 37.6 Å². The lowest BCUT2D eigenvalue weighted by Gasteiger charge is -2.12. The minimum Gasteiger partial charge on any atom is -0.454 e. The van der Waals surface area contributed by atoms with Crippen molar-refractivity contribution in [1.82, 2.24) is 19.7 Å². The van der Waals surface area contributed by atoms with Crippen molar-refractivity contribution in [2.45, 2.75) is 50.6 Å². The highest BCUT2D eigenvalue weighted by molar-refractivity contribution is 7.98. The van der Waals surface area contributed by atoms with Crippen LogP contribution in [0.25, 0.3) is 22.3 Å². The molecule has 2 aromatic carbocycles. The van der Waals surface area contributed by atoms with Crippen LogP contribution < -0.4 is 15.0 Å². The van der Waals surface area contributed by atoms with Gasteiger partial charge in [-0.15, -0.1) is 0 Å². The number of aromatic nitrogens is 4. The quantitative estimate of drug-likeness (QED) is 0.205. The van der Waals surface area contributed by atoms with E-state index in [9.17, 15) is 4.79 Å². The lowest BCUT2D eigenvalue weighted by molar-refractivity contribution is 0.174. The first-order valence-corrected chi connectivity index (χ1v) is 12.0. The normalized spacial score (nSPS) is 12.5. The van der Waals surface area contributed by atoms with Gasteiger partial charge in [-0.05, 0) is 19.4 Å².